The molecule has 21 heavy (non-hydrogen) atoms. The van der Waals surface area contributed by atoms with Crippen molar-refractivity contribution < 1.29 is 29.5 Å². The second-order valence-corrected chi connectivity index (χ2v) is 4.73. The summed E-state index contributed by atoms with van der Waals surface area (Å²) < 4.78 is 16.2. The summed E-state index contributed by atoms with van der Waals surface area (Å²) in [5.41, 5.74) is 0. The van der Waals surface area contributed by atoms with E-state index in [-0.39, 0.29) is 19.8 Å². The third kappa shape index (κ3) is 4.47. The van der Waals surface area contributed by atoms with E-state index in [1.54, 1.807) is 0 Å². The summed E-state index contributed by atoms with van der Waals surface area (Å²) in [5.74, 6) is 0. The molecule has 1 fully saturated rings. The van der Waals surface area contributed by atoms with Crippen LogP contribution < -0.4 is 0 Å². The third-order valence-corrected chi connectivity index (χ3v) is 3.24. The lowest BCUT2D eigenvalue weighted by molar-refractivity contribution is -0.250. The first-order chi connectivity index (χ1) is 10.1. The van der Waals surface area contributed by atoms with Gasteiger partial charge in [0.25, 0.3) is 0 Å². The number of hydrogen-bond acceptors (Lipinski definition) is 6. The molecule has 0 radical (unpaired) electrons. The van der Waals surface area contributed by atoms with E-state index in [0.717, 1.165) is 0 Å². The molecule has 120 valence electrons. The van der Waals surface area contributed by atoms with Gasteiger partial charge < -0.3 is 29.5 Å². The van der Waals surface area contributed by atoms with E-state index >= 15 is 0 Å². The lowest BCUT2D eigenvalue weighted by Gasteiger charge is -2.44. The maximum atomic E-state index is 10.3. The zero-order valence-electron chi connectivity index (χ0n) is 12.0. The Bertz CT molecular complexity index is 281. The Balaban J connectivity index is 2.89. The fourth-order valence-corrected chi connectivity index (χ4v) is 2.30. The van der Waals surface area contributed by atoms with Crippen LogP contribution in [0.5, 0.6) is 0 Å². The highest BCUT2D eigenvalue weighted by molar-refractivity contribution is 5.02. The predicted octanol–water partition coefficient (Wildman–Crippen LogP) is -0.204. The van der Waals surface area contributed by atoms with Crippen LogP contribution in [-0.2, 0) is 14.2 Å². The molecule has 6 heteroatoms. The van der Waals surface area contributed by atoms with Gasteiger partial charge in [-0.15, -0.1) is 19.7 Å². The Hall–Kier alpha value is -1.02. The fourth-order valence-electron chi connectivity index (χ4n) is 2.30. The van der Waals surface area contributed by atoms with E-state index in [9.17, 15) is 15.3 Å². The van der Waals surface area contributed by atoms with Gasteiger partial charge in [-0.1, -0.05) is 18.2 Å². The first kappa shape index (κ1) is 18.0. The van der Waals surface area contributed by atoms with Crippen LogP contribution in [0.2, 0.25) is 0 Å². The number of aliphatic hydroxyl groups is 3. The summed E-state index contributed by atoms with van der Waals surface area (Å²) >= 11 is 0. The van der Waals surface area contributed by atoms with Gasteiger partial charge in [-0.25, -0.2) is 0 Å². The van der Waals surface area contributed by atoms with Crippen LogP contribution in [0.1, 0.15) is 0 Å². The normalized spacial score (nSPS) is 36.1. The summed E-state index contributed by atoms with van der Waals surface area (Å²) in [6.07, 6.45) is -1.92. The minimum absolute atomic E-state index is 0.150. The molecule has 1 rings (SSSR count). The summed E-state index contributed by atoms with van der Waals surface area (Å²) in [6.45, 7) is 11.0. The van der Waals surface area contributed by atoms with Crippen LogP contribution in [0.25, 0.3) is 0 Å². The molecule has 0 amide bonds. The molecule has 3 N–H and O–H groups in total. The van der Waals surface area contributed by atoms with Crippen LogP contribution >= 0.6 is 0 Å². The molecule has 0 aromatic rings. The van der Waals surface area contributed by atoms with Gasteiger partial charge in [0.2, 0.25) is 0 Å². The maximum Gasteiger partial charge on any atom is 0.115 e. The second kappa shape index (κ2) is 9.09. The Labute approximate surface area is 124 Å². The topological polar surface area (TPSA) is 88.4 Å². The smallest absolute Gasteiger partial charge is 0.115 e. The van der Waals surface area contributed by atoms with E-state index in [0.29, 0.717) is 0 Å². The molecule has 0 unspecified atom stereocenters. The van der Waals surface area contributed by atoms with Crippen molar-refractivity contribution in [1.82, 2.24) is 0 Å². The average Bonchev–Trinajstić information content (AvgIpc) is 2.47. The molecular weight excluding hydrogens is 276 g/mol. The van der Waals surface area contributed by atoms with Gasteiger partial charge in [0, 0.05) is 0 Å². The van der Waals surface area contributed by atoms with E-state index in [4.69, 9.17) is 14.2 Å². The lowest BCUT2D eigenvalue weighted by Crippen LogP contribution is -2.65. The molecule has 0 saturated heterocycles. The highest BCUT2D eigenvalue weighted by Crippen LogP contribution is 2.28. The summed E-state index contributed by atoms with van der Waals surface area (Å²) in [5, 5.41) is 30.8. The predicted molar refractivity (Wildman–Crippen MR) is 77.8 cm³/mol. The fraction of sp³-hybridized carbons (Fsp3) is 0.600. The maximum absolute atomic E-state index is 10.3. The zero-order valence-corrected chi connectivity index (χ0v) is 12.0. The minimum Gasteiger partial charge on any atom is -0.387 e. The first-order valence-corrected chi connectivity index (χ1v) is 6.80. The monoisotopic (exact) mass is 300 g/mol. The van der Waals surface area contributed by atoms with E-state index in [1.165, 1.54) is 18.2 Å². The SMILES string of the molecule is C=CCO[C@H]1[C@H](O)[C@H](OCC=C)[C@H](O)[C@@H](OCC=C)[C@@H]1O. The molecule has 0 aliphatic heterocycles. The molecule has 0 bridgehead atoms. The molecule has 6 nitrogen and oxygen atoms in total. The lowest BCUT2D eigenvalue weighted by atomic mass is 9.84. The van der Waals surface area contributed by atoms with Crippen molar-refractivity contribution in [2.24, 2.45) is 0 Å². The summed E-state index contributed by atoms with van der Waals surface area (Å²) in [4.78, 5) is 0. The van der Waals surface area contributed by atoms with Crippen molar-refractivity contribution in [3.8, 4) is 0 Å². The van der Waals surface area contributed by atoms with Gasteiger partial charge in [-0.3, -0.25) is 0 Å². The molecule has 1 saturated carbocycles. The van der Waals surface area contributed by atoms with E-state index in [2.05, 4.69) is 19.7 Å². The second-order valence-electron chi connectivity index (χ2n) is 4.73. The quantitative estimate of drug-likeness (QED) is 0.511. The number of aliphatic hydroxyl groups excluding tert-OH is 3. The van der Waals surface area contributed by atoms with Gasteiger partial charge in [0.15, 0.2) is 0 Å². The molecule has 1 aliphatic carbocycles. The van der Waals surface area contributed by atoms with Crippen LogP contribution in [-0.4, -0.2) is 71.8 Å². The standard InChI is InChI=1S/C15H24O6/c1-4-7-19-13-10(16)14(20-8-5-2)12(18)15(11(13)17)21-9-6-3/h4-6,10-18H,1-3,7-9H2/t10-,11+,12-,13-,14-,15-. The molecule has 0 spiro atoms. The highest BCUT2D eigenvalue weighted by Gasteiger charge is 2.51. The van der Waals surface area contributed by atoms with Crippen LogP contribution in [0.3, 0.4) is 0 Å². The molecule has 0 atom stereocenters. The Kier molecular flexibility index (Phi) is 7.81. The Morgan fingerprint density at radius 2 is 0.857 bits per heavy atom. The van der Waals surface area contributed by atoms with Crippen molar-refractivity contribution in [2.75, 3.05) is 19.8 Å². The van der Waals surface area contributed by atoms with Gasteiger partial charge in [-0.05, 0) is 0 Å². The molecular formula is C15H24O6. The minimum atomic E-state index is -1.20. The van der Waals surface area contributed by atoms with Crippen LogP contribution in [0.4, 0.5) is 0 Å². The number of hydrogen-bond donors (Lipinski definition) is 3. The van der Waals surface area contributed by atoms with Crippen LogP contribution in [0, 0.1) is 0 Å². The van der Waals surface area contributed by atoms with E-state index in [1.807, 2.05) is 0 Å². The third-order valence-electron chi connectivity index (χ3n) is 3.24. The summed E-state index contributed by atoms with van der Waals surface area (Å²) in [6, 6.07) is 0. The number of rotatable bonds is 9. The molecule has 0 aromatic carbocycles. The summed E-state index contributed by atoms with van der Waals surface area (Å²) in [7, 11) is 0. The van der Waals surface area contributed by atoms with Crippen molar-refractivity contribution in [3.05, 3.63) is 38.0 Å². The highest BCUT2D eigenvalue weighted by atomic mass is 16.6. The molecule has 1 aliphatic rings. The zero-order chi connectivity index (χ0) is 15.8. The molecule has 0 aromatic heterocycles. The average molecular weight is 300 g/mol. The van der Waals surface area contributed by atoms with Crippen LogP contribution in [0.15, 0.2) is 38.0 Å². The largest absolute Gasteiger partial charge is 0.387 e. The molecule has 0 heterocycles. The van der Waals surface area contributed by atoms with Crippen molar-refractivity contribution >= 4 is 0 Å². The van der Waals surface area contributed by atoms with Crippen molar-refractivity contribution in [2.45, 2.75) is 36.6 Å². The van der Waals surface area contributed by atoms with Gasteiger partial charge >= 0.3 is 0 Å². The van der Waals surface area contributed by atoms with Gasteiger partial charge in [0.1, 0.15) is 36.6 Å². The Morgan fingerprint density at radius 3 is 1.05 bits per heavy atom. The van der Waals surface area contributed by atoms with Crippen molar-refractivity contribution in [3.63, 3.8) is 0 Å². The van der Waals surface area contributed by atoms with Gasteiger partial charge in [-0.2, -0.15) is 0 Å². The van der Waals surface area contributed by atoms with Gasteiger partial charge in [0.05, 0.1) is 19.8 Å². The van der Waals surface area contributed by atoms with E-state index < -0.39 is 36.6 Å². The van der Waals surface area contributed by atoms with Crippen molar-refractivity contribution in [1.29, 1.82) is 0 Å². The number of ether oxygens (including phenoxy) is 3. The first-order valence-electron chi connectivity index (χ1n) is 6.80. The Morgan fingerprint density at radius 1 is 0.619 bits per heavy atom.